The zero-order chi connectivity index (χ0) is 18.5. The zero-order valence-electron chi connectivity index (χ0n) is 15.7. The molecule has 9 heteroatoms. The number of rotatable bonds is 7. The van der Waals surface area contributed by atoms with Gasteiger partial charge in [0.25, 0.3) is 0 Å². The summed E-state index contributed by atoms with van der Waals surface area (Å²) in [6, 6.07) is 1.89. The van der Waals surface area contributed by atoms with Gasteiger partial charge in [-0.05, 0) is 26.0 Å². The van der Waals surface area contributed by atoms with E-state index in [1.807, 2.05) is 0 Å². The minimum Gasteiger partial charge on any atom is -0.337 e. The van der Waals surface area contributed by atoms with Gasteiger partial charge in [-0.15, -0.1) is 0 Å². The van der Waals surface area contributed by atoms with Gasteiger partial charge in [-0.2, -0.15) is 10.1 Å². The lowest BCUT2D eigenvalue weighted by Gasteiger charge is -2.27. The van der Waals surface area contributed by atoms with Crippen LogP contribution in [0.25, 0.3) is 0 Å². The molecule has 3 heterocycles. The lowest BCUT2D eigenvalue weighted by atomic mass is 10.2. The molecule has 1 aliphatic heterocycles. The Kier molecular flexibility index (Phi) is 5.87. The largest absolute Gasteiger partial charge is 0.337 e. The van der Waals surface area contributed by atoms with Gasteiger partial charge in [0.2, 0.25) is 5.89 Å². The van der Waals surface area contributed by atoms with Crippen molar-refractivity contribution in [3.8, 4) is 0 Å². The maximum absolute atomic E-state index is 12.2. The molecule has 0 radical (unpaired) electrons. The molecule has 26 heavy (non-hydrogen) atoms. The minimum absolute atomic E-state index is 0.198. The average Bonchev–Trinajstić information content (AvgIpc) is 3.22. The van der Waals surface area contributed by atoms with Crippen LogP contribution in [0.4, 0.5) is 4.79 Å². The van der Waals surface area contributed by atoms with E-state index in [1.54, 1.807) is 14.0 Å². The van der Waals surface area contributed by atoms with Crippen LogP contribution in [0.3, 0.4) is 0 Å². The summed E-state index contributed by atoms with van der Waals surface area (Å²) in [4.78, 5) is 20.3. The highest BCUT2D eigenvalue weighted by Crippen LogP contribution is 2.14. The highest BCUT2D eigenvalue weighted by molar-refractivity contribution is 5.73. The van der Waals surface area contributed by atoms with Crippen molar-refractivity contribution in [2.24, 2.45) is 0 Å². The van der Waals surface area contributed by atoms with Crippen molar-refractivity contribution in [2.75, 3.05) is 20.1 Å². The molecule has 0 saturated carbocycles. The van der Waals surface area contributed by atoms with Crippen molar-refractivity contribution in [1.29, 1.82) is 0 Å². The second-order valence-corrected chi connectivity index (χ2v) is 6.73. The highest BCUT2D eigenvalue weighted by Gasteiger charge is 2.18. The maximum Gasteiger partial charge on any atom is 0.317 e. The number of amides is 2. The van der Waals surface area contributed by atoms with Crippen LogP contribution >= 0.6 is 0 Å². The number of carbonyl (C=O) groups is 1. The van der Waals surface area contributed by atoms with Gasteiger partial charge in [-0.1, -0.05) is 18.5 Å². The summed E-state index contributed by atoms with van der Waals surface area (Å²) in [7, 11) is 1.69. The second kappa shape index (κ2) is 8.31. The molecule has 1 aliphatic rings. The topological polar surface area (TPSA) is 92.3 Å². The first kappa shape index (κ1) is 18.4. The maximum atomic E-state index is 12.2. The third-order valence-corrected chi connectivity index (χ3v) is 4.46. The van der Waals surface area contributed by atoms with Gasteiger partial charge in [-0.3, -0.25) is 9.58 Å². The van der Waals surface area contributed by atoms with Crippen LogP contribution in [-0.2, 0) is 26.2 Å². The van der Waals surface area contributed by atoms with Gasteiger partial charge in [0, 0.05) is 20.1 Å². The Balaban J connectivity index is 1.49. The van der Waals surface area contributed by atoms with Gasteiger partial charge in [0.1, 0.15) is 6.54 Å². The van der Waals surface area contributed by atoms with Gasteiger partial charge in [-0.25, -0.2) is 4.79 Å². The van der Waals surface area contributed by atoms with Gasteiger partial charge in [0.05, 0.1) is 24.5 Å². The van der Waals surface area contributed by atoms with Crippen molar-refractivity contribution >= 4 is 6.03 Å². The van der Waals surface area contributed by atoms with Crippen LogP contribution in [0.2, 0.25) is 0 Å². The number of hydrogen-bond acceptors (Lipinski definition) is 6. The Morgan fingerprint density at radius 2 is 2.27 bits per heavy atom. The molecule has 0 bridgehead atoms. The number of hydrogen-bond donors (Lipinski definition) is 1. The predicted molar refractivity (Wildman–Crippen MR) is 95.1 cm³/mol. The molecule has 0 aliphatic carbocycles. The molecule has 0 spiro atoms. The Morgan fingerprint density at radius 1 is 1.42 bits per heavy atom. The summed E-state index contributed by atoms with van der Waals surface area (Å²) in [5.41, 5.74) is 2.10. The average molecular weight is 361 g/mol. The van der Waals surface area contributed by atoms with Crippen molar-refractivity contribution in [3.63, 3.8) is 0 Å². The summed E-state index contributed by atoms with van der Waals surface area (Å²) >= 11 is 0. The normalized spacial score (nSPS) is 14.3. The van der Waals surface area contributed by atoms with Crippen LogP contribution in [0.5, 0.6) is 0 Å². The minimum atomic E-state index is -0.198. The lowest BCUT2D eigenvalue weighted by Crippen LogP contribution is -2.36. The fourth-order valence-corrected chi connectivity index (χ4v) is 3.02. The summed E-state index contributed by atoms with van der Waals surface area (Å²) in [5, 5.41) is 11.2. The van der Waals surface area contributed by atoms with Crippen LogP contribution < -0.4 is 5.32 Å². The van der Waals surface area contributed by atoms with Crippen LogP contribution in [0, 0.1) is 6.92 Å². The van der Waals surface area contributed by atoms with Crippen LogP contribution in [0.1, 0.15) is 42.9 Å². The molecule has 0 fully saturated rings. The van der Waals surface area contributed by atoms with Gasteiger partial charge in [0.15, 0.2) is 5.82 Å². The van der Waals surface area contributed by atoms with Crippen molar-refractivity contribution in [3.05, 3.63) is 29.2 Å². The quantitative estimate of drug-likeness (QED) is 0.804. The summed E-state index contributed by atoms with van der Waals surface area (Å²) in [5.74, 6) is 0.982. The molecular formula is C17H27N7O2. The number of nitrogens with zero attached hydrogens (tertiary/aromatic N) is 6. The van der Waals surface area contributed by atoms with E-state index in [1.165, 1.54) is 23.4 Å². The smallest absolute Gasteiger partial charge is 0.317 e. The van der Waals surface area contributed by atoms with E-state index in [9.17, 15) is 4.79 Å². The molecule has 2 aromatic heterocycles. The number of unbranched alkanes of at least 4 members (excludes halogenated alkanes) is 1. The molecular weight excluding hydrogens is 334 g/mol. The van der Waals surface area contributed by atoms with E-state index >= 15 is 0 Å². The first-order chi connectivity index (χ1) is 12.5. The molecule has 0 unspecified atom stereocenters. The van der Waals surface area contributed by atoms with E-state index in [2.05, 4.69) is 43.1 Å². The molecule has 9 nitrogen and oxygen atoms in total. The third-order valence-electron chi connectivity index (χ3n) is 4.46. The fraction of sp³-hybridized carbons (Fsp3) is 0.647. The number of aryl methyl sites for hydroxylation is 1. The molecule has 0 atom stereocenters. The van der Waals surface area contributed by atoms with E-state index in [-0.39, 0.29) is 12.6 Å². The third kappa shape index (κ3) is 4.60. The number of nitrogens with one attached hydrogen (secondary N) is 1. The van der Waals surface area contributed by atoms with Crippen molar-refractivity contribution < 1.29 is 9.32 Å². The Bertz CT molecular complexity index is 739. The van der Waals surface area contributed by atoms with E-state index < -0.39 is 0 Å². The Morgan fingerprint density at radius 3 is 3.00 bits per heavy atom. The molecule has 1 N–H and O–H groups in total. The molecule has 2 amide bonds. The summed E-state index contributed by atoms with van der Waals surface area (Å²) < 4.78 is 7.09. The standard InChI is InChI=1S/C17H27N7O2/c1-4-5-6-23-7-8-24-15(11-23)9-14(20-24)10-18-17(25)22(3)12-16-19-13(2)21-26-16/h9H,4-8,10-12H2,1-3H3,(H,18,25). The molecule has 2 aromatic rings. The SMILES string of the molecule is CCCCN1CCn2nc(CNC(=O)N(C)Cc3nc(C)no3)cc2C1. The summed E-state index contributed by atoms with van der Waals surface area (Å²) in [6.45, 7) is 8.64. The van der Waals surface area contributed by atoms with Gasteiger partial charge < -0.3 is 14.7 Å². The first-order valence-electron chi connectivity index (χ1n) is 9.11. The highest BCUT2D eigenvalue weighted by atomic mass is 16.5. The number of urea groups is 1. The van der Waals surface area contributed by atoms with Crippen molar-refractivity contribution in [2.45, 2.75) is 52.9 Å². The number of aromatic nitrogens is 4. The zero-order valence-corrected chi connectivity index (χ0v) is 15.7. The molecule has 0 aromatic carbocycles. The fourth-order valence-electron chi connectivity index (χ4n) is 3.02. The lowest BCUT2D eigenvalue weighted by molar-refractivity contribution is 0.199. The predicted octanol–water partition coefficient (Wildman–Crippen LogP) is 1.53. The Hall–Kier alpha value is -2.42. The molecule has 0 saturated heterocycles. The Labute approximate surface area is 153 Å². The monoisotopic (exact) mass is 361 g/mol. The van der Waals surface area contributed by atoms with E-state index in [0.29, 0.717) is 18.3 Å². The van der Waals surface area contributed by atoms with Gasteiger partial charge >= 0.3 is 6.03 Å². The van der Waals surface area contributed by atoms with Crippen LogP contribution in [-0.4, -0.2) is 55.9 Å². The second-order valence-electron chi connectivity index (χ2n) is 6.73. The van der Waals surface area contributed by atoms with E-state index in [4.69, 9.17) is 4.52 Å². The first-order valence-corrected chi connectivity index (χ1v) is 9.11. The van der Waals surface area contributed by atoms with E-state index in [0.717, 1.165) is 31.9 Å². The molecule has 3 rings (SSSR count). The number of fused-ring (bicyclic) bond motifs is 1. The van der Waals surface area contributed by atoms with Crippen molar-refractivity contribution in [1.82, 2.24) is 35.0 Å². The summed E-state index contributed by atoms with van der Waals surface area (Å²) in [6.07, 6.45) is 2.44. The molecule has 142 valence electrons. The number of carbonyl (C=O) groups excluding carboxylic acids is 1. The van der Waals surface area contributed by atoms with Crippen LogP contribution in [0.15, 0.2) is 10.6 Å².